The monoisotopic (exact) mass is 321 g/mol. The average molecular weight is 321 g/mol. The van der Waals surface area contributed by atoms with E-state index < -0.39 is 5.97 Å². The lowest BCUT2D eigenvalue weighted by Gasteiger charge is -2.14. The minimum atomic E-state index is -0.583. The fourth-order valence-corrected chi connectivity index (χ4v) is 2.41. The molecule has 0 aliphatic carbocycles. The minimum absolute atomic E-state index is 0.0383. The third kappa shape index (κ3) is 3.21. The maximum atomic E-state index is 12.5. The zero-order valence-corrected chi connectivity index (χ0v) is 14.5. The number of aryl methyl sites for hydroxylation is 3. The number of benzene rings is 2. The summed E-state index contributed by atoms with van der Waals surface area (Å²) >= 11 is 0. The first-order chi connectivity index (χ1) is 11.3. The van der Waals surface area contributed by atoms with Crippen LogP contribution in [0.15, 0.2) is 24.3 Å². The number of rotatable bonds is 3. The molecular weight excluding hydrogens is 302 g/mol. The van der Waals surface area contributed by atoms with Crippen molar-refractivity contribution in [3.05, 3.63) is 63.2 Å². The van der Waals surface area contributed by atoms with E-state index in [1.165, 1.54) is 6.92 Å². The molecule has 0 bridgehead atoms. The maximum absolute atomic E-state index is 12.5. The molecule has 0 N–H and O–H groups in total. The predicted octanol–water partition coefficient (Wildman–Crippen LogP) is 4.21. The molecule has 2 aromatic carbocycles. The molecule has 0 aliphatic heterocycles. The van der Waals surface area contributed by atoms with Crippen molar-refractivity contribution in [2.45, 2.75) is 34.6 Å². The largest absolute Gasteiger partial charge is 0.421 e. The van der Waals surface area contributed by atoms with Crippen LogP contribution in [-0.2, 0) is 0 Å². The second-order valence-electron chi connectivity index (χ2n) is 5.93. The normalized spacial score (nSPS) is 10.2. The number of ketones is 1. The van der Waals surface area contributed by atoms with Crippen molar-refractivity contribution in [3.8, 4) is 11.8 Å². The van der Waals surface area contributed by atoms with Crippen LogP contribution in [-0.4, -0.2) is 11.8 Å². The summed E-state index contributed by atoms with van der Waals surface area (Å²) in [6.07, 6.45) is 0. The number of Topliss-reactive ketones (excluding diaryl/α,β-unsaturated/α-hetero) is 1. The van der Waals surface area contributed by atoms with E-state index in [9.17, 15) is 14.9 Å². The van der Waals surface area contributed by atoms with E-state index in [0.29, 0.717) is 11.1 Å². The molecule has 0 atom stereocenters. The first kappa shape index (κ1) is 17.4. The van der Waals surface area contributed by atoms with Crippen LogP contribution in [0.5, 0.6) is 5.75 Å². The molecule has 0 saturated heterocycles. The Labute approximate surface area is 141 Å². The Hall–Kier alpha value is -2.93. The van der Waals surface area contributed by atoms with Gasteiger partial charge < -0.3 is 4.74 Å². The first-order valence-corrected chi connectivity index (χ1v) is 7.61. The van der Waals surface area contributed by atoms with Gasteiger partial charge in [0.25, 0.3) is 0 Å². The Bertz CT molecular complexity index is 889. The summed E-state index contributed by atoms with van der Waals surface area (Å²) in [5, 5.41) is 9.44. The van der Waals surface area contributed by atoms with Gasteiger partial charge in [0.2, 0.25) is 0 Å². The molecule has 24 heavy (non-hydrogen) atoms. The van der Waals surface area contributed by atoms with Crippen LogP contribution in [0.4, 0.5) is 0 Å². The SMILES string of the molecule is CC(=O)c1cc(C)c(C)c(C#N)c1OC(=O)c1ccc(C)c(C)c1. The molecule has 4 nitrogen and oxygen atoms in total. The number of carbonyl (C=O) groups is 2. The molecule has 4 heteroatoms. The molecule has 2 rings (SSSR count). The van der Waals surface area contributed by atoms with Gasteiger partial charge in [-0.25, -0.2) is 4.79 Å². The smallest absolute Gasteiger partial charge is 0.343 e. The highest BCUT2D eigenvalue weighted by Crippen LogP contribution is 2.30. The number of nitrogens with zero attached hydrogens (tertiary/aromatic N) is 1. The lowest BCUT2D eigenvalue weighted by molar-refractivity contribution is 0.0732. The molecule has 0 fully saturated rings. The van der Waals surface area contributed by atoms with Gasteiger partial charge in [-0.2, -0.15) is 5.26 Å². The van der Waals surface area contributed by atoms with Gasteiger partial charge in [-0.15, -0.1) is 0 Å². The number of carbonyl (C=O) groups excluding carboxylic acids is 2. The number of hydrogen-bond acceptors (Lipinski definition) is 4. The van der Waals surface area contributed by atoms with E-state index >= 15 is 0 Å². The van der Waals surface area contributed by atoms with Gasteiger partial charge in [-0.05, 0) is 75.1 Å². The summed E-state index contributed by atoms with van der Waals surface area (Å²) in [4.78, 5) is 24.4. The molecule has 0 aliphatic rings. The molecule has 0 amide bonds. The van der Waals surface area contributed by atoms with E-state index in [4.69, 9.17) is 4.74 Å². The Morgan fingerprint density at radius 2 is 1.67 bits per heavy atom. The predicted molar refractivity (Wildman–Crippen MR) is 91.5 cm³/mol. The van der Waals surface area contributed by atoms with Crippen LogP contribution in [0.25, 0.3) is 0 Å². The van der Waals surface area contributed by atoms with Crippen molar-refractivity contribution < 1.29 is 14.3 Å². The van der Waals surface area contributed by atoms with Crippen molar-refractivity contribution in [1.82, 2.24) is 0 Å². The van der Waals surface area contributed by atoms with Gasteiger partial charge in [-0.3, -0.25) is 4.79 Å². The summed E-state index contributed by atoms with van der Waals surface area (Å²) in [6, 6.07) is 8.94. The molecule has 0 heterocycles. The Balaban J connectivity index is 2.54. The van der Waals surface area contributed by atoms with Crippen LogP contribution in [0.1, 0.15) is 55.5 Å². The summed E-state index contributed by atoms with van der Waals surface area (Å²) in [5.41, 5.74) is 4.39. The molecule has 0 radical (unpaired) electrons. The quantitative estimate of drug-likeness (QED) is 0.482. The number of ether oxygens (including phenoxy) is 1. The molecule has 122 valence electrons. The van der Waals surface area contributed by atoms with Crippen molar-refractivity contribution in [1.29, 1.82) is 5.26 Å². The van der Waals surface area contributed by atoms with Crippen LogP contribution in [0.2, 0.25) is 0 Å². The number of esters is 1. The highest BCUT2D eigenvalue weighted by atomic mass is 16.5. The highest BCUT2D eigenvalue weighted by Gasteiger charge is 2.21. The summed E-state index contributed by atoms with van der Waals surface area (Å²) in [5.74, 6) is -0.797. The van der Waals surface area contributed by atoms with Crippen LogP contribution in [0.3, 0.4) is 0 Å². The maximum Gasteiger partial charge on any atom is 0.343 e. The third-order valence-corrected chi connectivity index (χ3v) is 4.23. The zero-order chi connectivity index (χ0) is 18.0. The van der Waals surface area contributed by atoms with E-state index in [0.717, 1.165) is 16.7 Å². The fraction of sp³-hybridized carbons (Fsp3) is 0.250. The Kier molecular flexibility index (Phi) is 4.85. The van der Waals surface area contributed by atoms with Crippen molar-refractivity contribution in [2.75, 3.05) is 0 Å². The van der Waals surface area contributed by atoms with E-state index in [2.05, 4.69) is 0 Å². The second kappa shape index (κ2) is 6.67. The zero-order valence-electron chi connectivity index (χ0n) is 14.5. The summed E-state index contributed by atoms with van der Waals surface area (Å²) < 4.78 is 5.46. The van der Waals surface area contributed by atoms with Gasteiger partial charge in [0.05, 0.1) is 16.7 Å². The van der Waals surface area contributed by atoms with E-state index in [1.54, 1.807) is 25.1 Å². The topological polar surface area (TPSA) is 67.2 Å². The standard InChI is InChI=1S/C20H19NO3/c1-11-6-7-16(8-12(11)2)20(23)24-19-17(15(5)22)9-13(3)14(4)18(19)10-21/h6-9H,1-5H3. The van der Waals surface area contributed by atoms with Crippen LogP contribution < -0.4 is 4.74 Å². The molecule has 0 saturated carbocycles. The lowest BCUT2D eigenvalue weighted by Crippen LogP contribution is -2.13. The van der Waals surface area contributed by atoms with Gasteiger partial charge in [0, 0.05) is 0 Å². The highest BCUT2D eigenvalue weighted by molar-refractivity contribution is 6.00. The van der Waals surface area contributed by atoms with Crippen molar-refractivity contribution >= 4 is 11.8 Å². The molecule has 0 unspecified atom stereocenters. The number of hydrogen-bond donors (Lipinski definition) is 0. The van der Waals surface area contributed by atoms with Gasteiger partial charge >= 0.3 is 5.97 Å². The molecule has 0 spiro atoms. The van der Waals surface area contributed by atoms with Gasteiger partial charge in [0.15, 0.2) is 11.5 Å². The van der Waals surface area contributed by atoms with Gasteiger partial charge in [-0.1, -0.05) is 6.07 Å². The lowest BCUT2D eigenvalue weighted by atomic mass is 9.97. The van der Waals surface area contributed by atoms with Crippen LogP contribution in [0, 0.1) is 39.0 Å². The molecule has 2 aromatic rings. The number of nitriles is 1. The van der Waals surface area contributed by atoms with E-state index in [1.807, 2.05) is 32.9 Å². The minimum Gasteiger partial charge on any atom is -0.421 e. The van der Waals surface area contributed by atoms with Crippen LogP contribution >= 0.6 is 0 Å². The van der Waals surface area contributed by atoms with E-state index in [-0.39, 0.29) is 22.7 Å². The fourth-order valence-electron chi connectivity index (χ4n) is 2.41. The third-order valence-electron chi connectivity index (χ3n) is 4.23. The molecule has 0 aromatic heterocycles. The second-order valence-corrected chi connectivity index (χ2v) is 5.93. The first-order valence-electron chi connectivity index (χ1n) is 7.61. The summed E-state index contributed by atoms with van der Waals surface area (Å²) in [7, 11) is 0. The Morgan fingerprint density at radius 1 is 1.00 bits per heavy atom. The molecular formula is C20H19NO3. The Morgan fingerprint density at radius 3 is 2.21 bits per heavy atom. The average Bonchev–Trinajstić information content (AvgIpc) is 2.53. The van der Waals surface area contributed by atoms with Crippen molar-refractivity contribution in [2.24, 2.45) is 0 Å². The summed E-state index contributed by atoms with van der Waals surface area (Å²) in [6.45, 7) is 8.83. The van der Waals surface area contributed by atoms with Crippen molar-refractivity contribution in [3.63, 3.8) is 0 Å². The van der Waals surface area contributed by atoms with Gasteiger partial charge in [0.1, 0.15) is 6.07 Å².